The highest BCUT2D eigenvalue weighted by Gasteiger charge is 2.30. The van der Waals surface area contributed by atoms with Gasteiger partial charge in [-0.25, -0.2) is 4.79 Å². The molecule has 5 heteroatoms. The molecule has 0 bridgehead atoms. The average Bonchev–Trinajstić information content (AvgIpc) is 2.23. The van der Waals surface area contributed by atoms with Gasteiger partial charge < -0.3 is 21.1 Å². The molecule has 0 spiro atoms. The number of nitrogens with two attached hydrogens (primary N) is 1. The molecule has 0 aliphatic heterocycles. The van der Waals surface area contributed by atoms with Crippen molar-refractivity contribution in [3.8, 4) is 0 Å². The number of rotatable bonds is 4. The monoisotopic (exact) mass is 229 g/mol. The van der Waals surface area contributed by atoms with Crippen molar-refractivity contribution < 1.29 is 9.53 Å². The summed E-state index contributed by atoms with van der Waals surface area (Å²) in [7, 11) is 1.61. The standard InChI is InChI=1S/C11H23N3O2/c1-11(5-3-9(12)4-6-11)14-10(15)13-7-8-16-2/h9H,3-8,12H2,1-2H3,(H2,13,14,15). The first-order valence-corrected chi connectivity index (χ1v) is 5.86. The summed E-state index contributed by atoms with van der Waals surface area (Å²) in [6.45, 7) is 3.15. The largest absolute Gasteiger partial charge is 0.383 e. The second-order valence-corrected chi connectivity index (χ2v) is 4.77. The Labute approximate surface area is 97.1 Å². The quantitative estimate of drug-likeness (QED) is 0.618. The molecule has 0 unspecified atom stereocenters. The molecule has 0 aromatic carbocycles. The Morgan fingerprint density at radius 2 is 2.12 bits per heavy atom. The molecule has 94 valence electrons. The van der Waals surface area contributed by atoms with Crippen LogP contribution in [0.2, 0.25) is 0 Å². The molecule has 1 aliphatic carbocycles. The maximum atomic E-state index is 11.6. The van der Waals surface area contributed by atoms with Gasteiger partial charge in [-0.2, -0.15) is 0 Å². The molecule has 0 aromatic rings. The van der Waals surface area contributed by atoms with Gasteiger partial charge in [-0.3, -0.25) is 0 Å². The third-order valence-corrected chi connectivity index (χ3v) is 3.14. The number of hydrogen-bond acceptors (Lipinski definition) is 3. The molecule has 5 nitrogen and oxygen atoms in total. The van der Waals surface area contributed by atoms with Gasteiger partial charge in [0, 0.05) is 25.2 Å². The minimum Gasteiger partial charge on any atom is -0.383 e. The van der Waals surface area contributed by atoms with Crippen molar-refractivity contribution in [2.45, 2.75) is 44.2 Å². The molecule has 0 saturated heterocycles. The van der Waals surface area contributed by atoms with Crippen molar-refractivity contribution in [3.63, 3.8) is 0 Å². The first-order chi connectivity index (χ1) is 7.56. The highest BCUT2D eigenvalue weighted by molar-refractivity contribution is 5.74. The second kappa shape index (κ2) is 6.06. The molecule has 16 heavy (non-hydrogen) atoms. The fraction of sp³-hybridized carbons (Fsp3) is 0.909. The predicted octanol–water partition coefficient (Wildman–Crippen LogP) is 0.592. The van der Waals surface area contributed by atoms with Gasteiger partial charge in [0.05, 0.1) is 6.61 Å². The van der Waals surface area contributed by atoms with E-state index < -0.39 is 0 Å². The first kappa shape index (κ1) is 13.3. The van der Waals surface area contributed by atoms with Crippen LogP contribution in [0.4, 0.5) is 4.79 Å². The van der Waals surface area contributed by atoms with Gasteiger partial charge in [-0.05, 0) is 32.6 Å². The fourth-order valence-corrected chi connectivity index (χ4v) is 1.99. The smallest absolute Gasteiger partial charge is 0.315 e. The lowest BCUT2D eigenvalue weighted by atomic mass is 9.81. The normalized spacial score (nSPS) is 29.8. The van der Waals surface area contributed by atoms with Crippen LogP contribution < -0.4 is 16.4 Å². The maximum absolute atomic E-state index is 11.6. The number of carbonyl (C=O) groups excluding carboxylic acids is 1. The number of carbonyl (C=O) groups is 1. The van der Waals surface area contributed by atoms with E-state index in [-0.39, 0.29) is 11.6 Å². The molecule has 2 amide bonds. The third kappa shape index (κ3) is 4.37. The maximum Gasteiger partial charge on any atom is 0.315 e. The van der Waals surface area contributed by atoms with E-state index >= 15 is 0 Å². The van der Waals surface area contributed by atoms with E-state index in [4.69, 9.17) is 10.5 Å². The molecular formula is C11H23N3O2. The molecule has 1 rings (SSSR count). The topological polar surface area (TPSA) is 76.4 Å². The SMILES string of the molecule is COCCNC(=O)NC1(C)CCC(N)CC1. The first-order valence-electron chi connectivity index (χ1n) is 5.86. The summed E-state index contributed by atoms with van der Waals surface area (Å²) in [6.07, 6.45) is 3.86. The molecule has 4 N–H and O–H groups in total. The van der Waals surface area contributed by atoms with Gasteiger partial charge in [0.1, 0.15) is 0 Å². The van der Waals surface area contributed by atoms with Crippen LogP contribution >= 0.6 is 0 Å². The molecule has 0 radical (unpaired) electrons. The lowest BCUT2D eigenvalue weighted by Gasteiger charge is -2.36. The zero-order chi connectivity index (χ0) is 12.0. The van der Waals surface area contributed by atoms with Gasteiger partial charge >= 0.3 is 6.03 Å². The molecule has 1 aliphatic rings. The zero-order valence-corrected chi connectivity index (χ0v) is 10.2. The van der Waals surface area contributed by atoms with Crippen LogP contribution in [0.1, 0.15) is 32.6 Å². The minimum atomic E-state index is -0.116. The van der Waals surface area contributed by atoms with Crippen molar-refractivity contribution in [1.82, 2.24) is 10.6 Å². The van der Waals surface area contributed by atoms with Crippen molar-refractivity contribution >= 4 is 6.03 Å². The van der Waals surface area contributed by atoms with Crippen LogP contribution in [0.15, 0.2) is 0 Å². The lowest BCUT2D eigenvalue weighted by Crippen LogP contribution is -2.53. The van der Waals surface area contributed by atoms with Gasteiger partial charge in [0.15, 0.2) is 0 Å². The number of ether oxygens (including phenoxy) is 1. The molecule has 0 aromatic heterocycles. The Bertz CT molecular complexity index is 225. The molecular weight excluding hydrogens is 206 g/mol. The van der Waals surface area contributed by atoms with Crippen LogP contribution in [-0.4, -0.2) is 37.9 Å². The summed E-state index contributed by atoms with van der Waals surface area (Å²) < 4.78 is 4.86. The summed E-state index contributed by atoms with van der Waals surface area (Å²) in [5.74, 6) is 0. The van der Waals surface area contributed by atoms with Crippen molar-refractivity contribution in [3.05, 3.63) is 0 Å². The Balaban J connectivity index is 2.26. The summed E-state index contributed by atoms with van der Waals surface area (Å²) in [5, 5.41) is 5.77. The van der Waals surface area contributed by atoms with Crippen LogP contribution in [-0.2, 0) is 4.74 Å². The zero-order valence-electron chi connectivity index (χ0n) is 10.2. The van der Waals surface area contributed by atoms with E-state index in [0.717, 1.165) is 25.7 Å². The number of urea groups is 1. The Morgan fingerprint density at radius 1 is 1.50 bits per heavy atom. The van der Waals surface area contributed by atoms with Gasteiger partial charge in [0.25, 0.3) is 0 Å². The van der Waals surface area contributed by atoms with Crippen LogP contribution in [0, 0.1) is 0 Å². The highest BCUT2D eigenvalue weighted by Crippen LogP contribution is 2.26. The van der Waals surface area contributed by atoms with Crippen molar-refractivity contribution in [2.75, 3.05) is 20.3 Å². The highest BCUT2D eigenvalue weighted by atomic mass is 16.5. The van der Waals surface area contributed by atoms with Gasteiger partial charge in [0.2, 0.25) is 0 Å². The fourth-order valence-electron chi connectivity index (χ4n) is 1.99. The van der Waals surface area contributed by atoms with Gasteiger partial charge in [-0.1, -0.05) is 0 Å². The van der Waals surface area contributed by atoms with E-state index in [2.05, 4.69) is 17.6 Å². The van der Waals surface area contributed by atoms with E-state index in [1.165, 1.54) is 0 Å². The molecule has 0 atom stereocenters. The Hall–Kier alpha value is -0.810. The predicted molar refractivity (Wildman–Crippen MR) is 63.3 cm³/mol. The van der Waals surface area contributed by atoms with Crippen molar-refractivity contribution in [2.24, 2.45) is 5.73 Å². The van der Waals surface area contributed by atoms with E-state index in [9.17, 15) is 4.79 Å². The van der Waals surface area contributed by atoms with E-state index in [1.54, 1.807) is 7.11 Å². The number of hydrogen-bond donors (Lipinski definition) is 3. The summed E-state index contributed by atoms with van der Waals surface area (Å²) in [4.78, 5) is 11.6. The molecule has 1 saturated carbocycles. The lowest BCUT2D eigenvalue weighted by molar-refractivity contribution is 0.186. The van der Waals surface area contributed by atoms with Crippen LogP contribution in [0.3, 0.4) is 0 Å². The van der Waals surface area contributed by atoms with Crippen molar-refractivity contribution in [1.29, 1.82) is 0 Å². The summed E-state index contributed by atoms with van der Waals surface area (Å²) in [6, 6.07) is 0.182. The second-order valence-electron chi connectivity index (χ2n) is 4.77. The minimum absolute atomic E-state index is 0.104. The summed E-state index contributed by atoms with van der Waals surface area (Å²) >= 11 is 0. The molecule has 1 fully saturated rings. The Morgan fingerprint density at radius 3 is 2.69 bits per heavy atom. The molecule has 0 heterocycles. The van der Waals surface area contributed by atoms with E-state index in [0.29, 0.717) is 19.2 Å². The number of nitrogens with one attached hydrogen (secondary N) is 2. The number of methoxy groups -OCH3 is 1. The van der Waals surface area contributed by atoms with Crippen LogP contribution in [0.25, 0.3) is 0 Å². The average molecular weight is 229 g/mol. The van der Waals surface area contributed by atoms with E-state index in [1.807, 2.05) is 0 Å². The van der Waals surface area contributed by atoms with Gasteiger partial charge in [-0.15, -0.1) is 0 Å². The summed E-state index contributed by atoms with van der Waals surface area (Å²) in [5.41, 5.74) is 5.74. The third-order valence-electron chi connectivity index (χ3n) is 3.14. The number of amides is 2. The van der Waals surface area contributed by atoms with Crippen LogP contribution in [0.5, 0.6) is 0 Å². The Kier molecular flexibility index (Phi) is 5.02.